The van der Waals surface area contributed by atoms with E-state index >= 15 is 0 Å². The van der Waals surface area contributed by atoms with Crippen molar-refractivity contribution in [2.24, 2.45) is 5.41 Å². The summed E-state index contributed by atoms with van der Waals surface area (Å²) in [4.78, 5) is 2.32. The van der Waals surface area contributed by atoms with Gasteiger partial charge in [0.05, 0.1) is 6.54 Å². The van der Waals surface area contributed by atoms with Crippen molar-refractivity contribution < 1.29 is 4.74 Å². The van der Waals surface area contributed by atoms with Crippen molar-refractivity contribution in [2.45, 2.75) is 26.3 Å². The van der Waals surface area contributed by atoms with Gasteiger partial charge >= 0.3 is 0 Å². The van der Waals surface area contributed by atoms with Crippen LogP contribution in [-0.2, 0) is 4.74 Å². The van der Waals surface area contributed by atoms with Gasteiger partial charge in [0.15, 0.2) is 0 Å². The average Bonchev–Trinajstić information content (AvgIpc) is 2.69. The Hall–Kier alpha value is -0.520. The Labute approximate surface area is 81.3 Å². The van der Waals surface area contributed by atoms with Crippen LogP contribution in [0.1, 0.15) is 20.3 Å². The summed E-state index contributed by atoms with van der Waals surface area (Å²) in [7, 11) is 3.81. The van der Waals surface area contributed by atoms with Crippen LogP contribution in [0.4, 0.5) is 0 Å². The molecule has 1 atom stereocenters. The SMILES string of the molecule is COCC#CCN(C)C1CC1(C)C. The zero-order valence-electron chi connectivity index (χ0n) is 9.05. The molecule has 0 amide bonds. The maximum atomic E-state index is 4.85. The highest BCUT2D eigenvalue weighted by atomic mass is 16.5. The first-order chi connectivity index (χ1) is 6.08. The Balaban J connectivity index is 2.21. The summed E-state index contributed by atoms with van der Waals surface area (Å²) in [6.07, 6.45) is 1.30. The molecule has 0 heterocycles. The zero-order valence-corrected chi connectivity index (χ0v) is 9.05. The molecule has 1 rings (SSSR count). The quantitative estimate of drug-likeness (QED) is 0.610. The minimum Gasteiger partial charge on any atom is -0.372 e. The van der Waals surface area contributed by atoms with Crippen molar-refractivity contribution in [3.8, 4) is 11.8 Å². The van der Waals surface area contributed by atoms with Gasteiger partial charge in [0.1, 0.15) is 6.61 Å². The normalized spacial score (nSPS) is 23.9. The monoisotopic (exact) mass is 181 g/mol. The van der Waals surface area contributed by atoms with E-state index in [2.05, 4.69) is 37.6 Å². The van der Waals surface area contributed by atoms with Crippen molar-refractivity contribution in [1.29, 1.82) is 0 Å². The Morgan fingerprint density at radius 1 is 1.46 bits per heavy atom. The summed E-state index contributed by atoms with van der Waals surface area (Å²) in [6.45, 7) is 6.01. The topological polar surface area (TPSA) is 12.5 Å². The molecule has 0 aromatic carbocycles. The number of rotatable bonds is 3. The van der Waals surface area contributed by atoms with E-state index in [1.807, 2.05) is 0 Å². The molecule has 1 fully saturated rings. The van der Waals surface area contributed by atoms with Gasteiger partial charge in [0.25, 0.3) is 0 Å². The van der Waals surface area contributed by atoms with E-state index in [1.165, 1.54) is 6.42 Å². The third-order valence-electron chi connectivity index (χ3n) is 2.66. The molecule has 74 valence electrons. The van der Waals surface area contributed by atoms with Crippen LogP contribution in [-0.4, -0.2) is 38.3 Å². The van der Waals surface area contributed by atoms with E-state index < -0.39 is 0 Å². The molecule has 13 heavy (non-hydrogen) atoms. The van der Waals surface area contributed by atoms with Gasteiger partial charge in [-0.25, -0.2) is 0 Å². The molecule has 0 saturated heterocycles. The van der Waals surface area contributed by atoms with Crippen LogP contribution < -0.4 is 0 Å². The molecule has 0 bridgehead atoms. The lowest BCUT2D eigenvalue weighted by atomic mass is 10.2. The molecule has 1 saturated carbocycles. The number of ether oxygens (including phenoxy) is 1. The van der Waals surface area contributed by atoms with Crippen molar-refractivity contribution in [3.05, 3.63) is 0 Å². The maximum Gasteiger partial charge on any atom is 0.107 e. The van der Waals surface area contributed by atoms with E-state index in [9.17, 15) is 0 Å². The summed E-state index contributed by atoms with van der Waals surface area (Å²) < 4.78 is 4.85. The largest absolute Gasteiger partial charge is 0.372 e. The van der Waals surface area contributed by atoms with Crippen LogP contribution >= 0.6 is 0 Å². The molecule has 1 unspecified atom stereocenters. The lowest BCUT2D eigenvalue weighted by molar-refractivity contribution is 0.239. The van der Waals surface area contributed by atoms with Gasteiger partial charge in [-0.2, -0.15) is 0 Å². The van der Waals surface area contributed by atoms with Crippen LogP contribution in [0.5, 0.6) is 0 Å². The molecule has 1 aliphatic rings. The molecule has 2 nitrogen and oxygen atoms in total. The number of nitrogens with zero attached hydrogens (tertiary/aromatic N) is 1. The minimum atomic E-state index is 0.512. The first-order valence-corrected chi connectivity index (χ1v) is 4.73. The van der Waals surface area contributed by atoms with Gasteiger partial charge in [-0.15, -0.1) is 0 Å². The van der Waals surface area contributed by atoms with Crippen molar-refractivity contribution in [3.63, 3.8) is 0 Å². The Kier molecular flexibility index (Phi) is 3.35. The van der Waals surface area contributed by atoms with E-state index in [1.54, 1.807) is 7.11 Å². The summed E-state index contributed by atoms with van der Waals surface area (Å²) in [5.74, 6) is 6.06. The molecular formula is C11H19NO. The van der Waals surface area contributed by atoms with Gasteiger partial charge in [0, 0.05) is 13.2 Å². The van der Waals surface area contributed by atoms with E-state index in [0.29, 0.717) is 12.0 Å². The van der Waals surface area contributed by atoms with Crippen LogP contribution in [0, 0.1) is 17.3 Å². The highest BCUT2D eigenvalue weighted by Gasteiger charge is 2.47. The van der Waals surface area contributed by atoms with E-state index in [0.717, 1.165) is 12.6 Å². The van der Waals surface area contributed by atoms with Crippen molar-refractivity contribution in [2.75, 3.05) is 27.3 Å². The van der Waals surface area contributed by atoms with E-state index in [4.69, 9.17) is 4.74 Å². The van der Waals surface area contributed by atoms with Crippen molar-refractivity contribution >= 4 is 0 Å². The molecule has 0 radical (unpaired) electrons. The van der Waals surface area contributed by atoms with Gasteiger partial charge < -0.3 is 4.74 Å². The Morgan fingerprint density at radius 2 is 2.08 bits per heavy atom. The second kappa shape index (κ2) is 4.13. The predicted octanol–water partition coefficient (Wildman–Crippen LogP) is 1.37. The predicted molar refractivity (Wildman–Crippen MR) is 54.5 cm³/mol. The molecule has 1 aliphatic carbocycles. The molecule has 0 aromatic heterocycles. The number of hydrogen-bond donors (Lipinski definition) is 0. The third kappa shape index (κ3) is 3.02. The fraction of sp³-hybridized carbons (Fsp3) is 0.818. The van der Waals surface area contributed by atoms with E-state index in [-0.39, 0.29) is 0 Å². The Bertz CT molecular complexity index is 224. The average molecular weight is 181 g/mol. The molecule has 0 N–H and O–H groups in total. The standard InChI is InChI=1S/C11H19NO/c1-11(2)9-10(11)12(3)7-5-6-8-13-4/h10H,7-9H2,1-4H3. The minimum absolute atomic E-state index is 0.512. The van der Waals surface area contributed by atoms with Crippen molar-refractivity contribution in [1.82, 2.24) is 4.90 Å². The summed E-state index contributed by atoms with van der Waals surface area (Å²) in [5.41, 5.74) is 0.512. The highest BCUT2D eigenvalue weighted by molar-refractivity contribution is 5.07. The van der Waals surface area contributed by atoms with Crippen LogP contribution in [0.25, 0.3) is 0 Å². The molecular weight excluding hydrogens is 162 g/mol. The summed E-state index contributed by atoms with van der Waals surface area (Å²) in [5, 5.41) is 0. The molecule has 0 aliphatic heterocycles. The van der Waals surface area contributed by atoms with Crippen LogP contribution in [0.2, 0.25) is 0 Å². The smallest absolute Gasteiger partial charge is 0.107 e. The fourth-order valence-corrected chi connectivity index (χ4v) is 1.61. The zero-order chi connectivity index (χ0) is 9.90. The Morgan fingerprint density at radius 3 is 2.54 bits per heavy atom. The maximum absolute atomic E-state index is 4.85. The van der Waals surface area contributed by atoms with Crippen LogP contribution in [0.3, 0.4) is 0 Å². The van der Waals surface area contributed by atoms with Gasteiger partial charge in [-0.1, -0.05) is 25.7 Å². The van der Waals surface area contributed by atoms with Gasteiger partial charge in [-0.05, 0) is 18.9 Å². The second-order valence-electron chi connectivity index (χ2n) is 4.41. The molecule has 0 spiro atoms. The number of hydrogen-bond acceptors (Lipinski definition) is 2. The van der Waals surface area contributed by atoms with Crippen LogP contribution in [0.15, 0.2) is 0 Å². The molecule has 2 heteroatoms. The second-order valence-corrected chi connectivity index (χ2v) is 4.41. The lowest BCUT2D eigenvalue weighted by Gasteiger charge is -2.14. The van der Waals surface area contributed by atoms with Gasteiger partial charge in [-0.3, -0.25) is 4.90 Å². The third-order valence-corrected chi connectivity index (χ3v) is 2.66. The first-order valence-electron chi connectivity index (χ1n) is 4.73. The first kappa shape index (κ1) is 10.6. The summed E-state index contributed by atoms with van der Waals surface area (Å²) in [6, 6.07) is 0.726. The highest BCUT2D eigenvalue weighted by Crippen LogP contribution is 2.47. The fourth-order valence-electron chi connectivity index (χ4n) is 1.61. The molecule has 0 aromatic rings. The number of methoxy groups -OCH3 is 1. The summed E-state index contributed by atoms with van der Waals surface area (Å²) >= 11 is 0. The van der Waals surface area contributed by atoms with Gasteiger partial charge in [0.2, 0.25) is 0 Å². The lowest BCUT2D eigenvalue weighted by Crippen LogP contribution is -2.24.